The van der Waals surface area contributed by atoms with Crippen LogP contribution in [-0.2, 0) is 19.1 Å². The molecule has 1 aromatic carbocycles. The zero-order valence-electron chi connectivity index (χ0n) is 12.7. The quantitative estimate of drug-likeness (QED) is 0.636. The van der Waals surface area contributed by atoms with Crippen molar-refractivity contribution in [1.82, 2.24) is 10.2 Å². The number of carbonyl (C=O) groups excluding carboxylic acids is 3. The zero-order chi connectivity index (χ0) is 16.1. The molecule has 2 aliphatic heterocycles. The molecule has 6 heteroatoms. The van der Waals surface area contributed by atoms with E-state index in [9.17, 15) is 14.4 Å². The summed E-state index contributed by atoms with van der Waals surface area (Å²) in [4.78, 5) is 38.3. The van der Waals surface area contributed by atoms with E-state index in [1.165, 1.54) is 14.2 Å². The third-order valence-corrected chi connectivity index (χ3v) is 4.78. The highest BCUT2D eigenvalue weighted by Gasteiger charge is 2.66. The van der Waals surface area contributed by atoms with Crippen LogP contribution in [0.3, 0.4) is 0 Å². The van der Waals surface area contributed by atoms with E-state index in [-0.39, 0.29) is 11.8 Å². The molecular formula is C16H18N2O4. The van der Waals surface area contributed by atoms with Gasteiger partial charge in [-0.25, -0.2) is 0 Å². The molecule has 2 amide bonds. The van der Waals surface area contributed by atoms with Crippen molar-refractivity contribution >= 4 is 17.8 Å². The van der Waals surface area contributed by atoms with E-state index in [4.69, 9.17) is 4.74 Å². The number of imide groups is 1. The van der Waals surface area contributed by atoms with Gasteiger partial charge in [0.25, 0.3) is 0 Å². The largest absolute Gasteiger partial charge is 0.468 e. The number of benzene rings is 1. The standard InChI is InChI=1S/C16H18N2O4/c1-16(15(21)22-3)11-10(13(19)18(2)14(11)20)12(17-16)9-7-5-4-6-8-9/h4-8,10-12,17H,1-3H3/t10-,11-,12-,16-/m1/s1. The van der Waals surface area contributed by atoms with Crippen LogP contribution in [-0.4, -0.2) is 42.4 Å². The SMILES string of the molecule is COC(=O)[C@]1(C)N[C@H](c2ccccc2)[C@@H]2C(=O)N(C)C(=O)[C@@H]21. The van der Waals surface area contributed by atoms with Gasteiger partial charge < -0.3 is 4.74 Å². The first kappa shape index (κ1) is 14.7. The van der Waals surface area contributed by atoms with Crippen LogP contribution in [0.4, 0.5) is 0 Å². The minimum Gasteiger partial charge on any atom is -0.468 e. The lowest BCUT2D eigenvalue weighted by atomic mass is 9.80. The van der Waals surface area contributed by atoms with Gasteiger partial charge >= 0.3 is 5.97 Å². The molecule has 0 spiro atoms. The van der Waals surface area contributed by atoms with Crippen molar-refractivity contribution in [2.75, 3.05) is 14.2 Å². The van der Waals surface area contributed by atoms with E-state index in [0.29, 0.717) is 0 Å². The second-order valence-electron chi connectivity index (χ2n) is 5.97. The minimum absolute atomic E-state index is 0.260. The average Bonchev–Trinajstić information content (AvgIpc) is 2.98. The molecule has 0 aromatic heterocycles. The van der Waals surface area contributed by atoms with E-state index < -0.39 is 29.4 Å². The maximum Gasteiger partial charge on any atom is 0.326 e. The maximum atomic E-state index is 12.5. The van der Waals surface area contributed by atoms with Gasteiger partial charge in [0.1, 0.15) is 5.54 Å². The fourth-order valence-corrected chi connectivity index (χ4v) is 3.63. The molecule has 0 radical (unpaired) electrons. The molecule has 2 heterocycles. The van der Waals surface area contributed by atoms with Crippen molar-refractivity contribution in [3.63, 3.8) is 0 Å². The van der Waals surface area contributed by atoms with Gasteiger partial charge in [-0.15, -0.1) is 0 Å². The van der Waals surface area contributed by atoms with Gasteiger partial charge in [-0.05, 0) is 12.5 Å². The number of esters is 1. The number of hydrogen-bond donors (Lipinski definition) is 1. The maximum absolute atomic E-state index is 12.5. The summed E-state index contributed by atoms with van der Waals surface area (Å²) in [6, 6.07) is 8.98. The number of nitrogens with one attached hydrogen (secondary N) is 1. The molecule has 1 N–H and O–H groups in total. The highest BCUT2D eigenvalue weighted by atomic mass is 16.5. The average molecular weight is 302 g/mol. The zero-order valence-corrected chi connectivity index (χ0v) is 12.7. The molecule has 3 rings (SSSR count). The number of carbonyl (C=O) groups is 3. The Hall–Kier alpha value is -2.21. The molecule has 116 valence electrons. The molecule has 0 unspecified atom stereocenters. The fraction of sp³-hybridized carbons (Fsp3) is 0.438. The molecule has 1 aromatic rings. The third-order valence-electron chi connectivity index (χ3n) is 4.78. The second kappa shape index (κ2) is 4.91. The van der Waals surface area contributed by atoms with Gasteiger partial charge in [0, 0.05) is 13.1 Å². The van der Waals surface area contributed by atoms with E-state index in [1.807, 2.05) is 30.3 Å². The normalized spacial score (nSPS) is 34.0. The molecule has 6 nitrogen and oxygen atoms in total. The second-order valence-corrected chi connectivity index (χ2v) is 5.97. The first-order chi connectivity index (χ1) is 10.4. The topological polar surface area (TPSA) is 75.7 Å². The molecule has 0 saturated carbocycles. The van der Waals surface area contributed by atoms with Crippen LogP contribution in [0.2, 0.25) is 0 Å². The van der Waals surface area contributed by atoms with E-state index >= 15 is 0 Å². The molecule has 0 aliphatic carbocycles. The van der Waals surface area contributed by atoms with Gasteiger partial charge in [-0.2, -0.15) is 0 Å². The molecule has 0 bridgehead atoms. The Balaban J connectivity index is 2.10. The summed E-state index contributed by atoms with van der Waals surface area (Å²) in [5.74, 6) is -2.47. The summed E-state index contributed by atoms with van der Waals surface area (Å²) in [6.45, 7) is 1.63. The predicted molar refractivity (Wildman–Crippen MR) is 77.5 cm³/mol. The Bertz CT molecular complexity index is 645. The monoisotopic (exact) mass is 302 g/mol. The number of amides is 2. The first-order valence-corrected chi connectivity index (χ1v) is 7.14. The van der Waals surface area contributed by atoms with Crippen molar-refractivity contribution in [3.8, 4) is 0 Å². The van der Waals surface area contributed by atoms with Crippen molar-refractivity contribution in [1.29, 1.82) is 0 Å². The van der Waals surface area contributed by atoms with Gasteiger partial charge in [0.15, 0.2) is 0 Å². The lowest BCUT2D eigenvalue weighted by Gasteiger charge is -2.27. The van der Waals surface area contributed by atoms with Crippen molar-refractivity contribution < 1.29 is 19.1 Å². The molecule has 2 aliphatic rings. The lowest BCUT2D eigenvalue weighted by Crippen LogP contribution is -2.53. The molecule has 22 heavy (non-hydrogen) atoms. The number of nitrogens with zero attached hydrogens (tertiary/aromatic N) is 1. The van der Waals surface area contributed by atoms with Gasteiger partial charge in [0.05, 0.1) is 18.9 Å². The smallest absolute Gasteiger partial charge is 0.326 e. The summed E-state index contributed by atoms with van der Waals surface area (Å²) in [6.07, 6.45) is 0. The third kappa shape index (κ3) is 1.80. The number of likely N-dealkylation sites (tertiary alicyclic amines) is 1. The Morgan fingerprint density at radius 3 is 2.45 bits per heavy atom. The first-order valence-electron chi connectivity index (χ1n) is 7.14. The number of ether oxygens (including phenoxy) is 1. The van der Waals surface area contributed by atoms with Crippen LogP contribution in [0.15, 0.2) is 30.3 Å². The number of methoxy groups -OCH3 is 1. The molecule has 4 atom stereocenters. The van der Waals surface area contributed by atoms with E-state index in [1.54, 1.807) is 6.92 Å². The minimum atomic E-state index is -1.21. The summed E-state index contributed by atoms with van der Waals surface area (Å²) < 4.78 is 4.86. The van der Waals surface area contributed by atoms with Crippen molar-refractivity contribution in [3.05, 3.63) is 35.9 Å². The summed E-state index contributed by atoms with van der Waals surface area (Å²) in [5, 5.41) is 3.17. The van der Waals surface area contributed by atoms with E-state index in [0.717, 1.165) is 10.5 Å². The Morgan fingerprint density at radius 2 is 1.86 bits per heavy atom. The highest BCUT2D eigenvalue weighted by molar-refractivity contribution is 6.09. The Labute approximate surface area is 128 Å². The Morgan fingerprint density at radius 1 is 1.23 bits per heavy atom. The van der Waals surface area contributed by atoms with Gasteiger partial charge in [-0.3, -0.25) is 24.6 Å². The van der Waals surface area contributed by atoms with Crippen LogP contribution >= 0.6 is 0 Å². The fourth-order valence-electron chi connectivity index (χ4n) is 3.63. The Kier molecular flexibility index (Phi) is 3.29. The molecule has 2 fully saturated rings. The highest BCUT2D eigenvalue weighted by Crippen LogP contribution is 2.48. The van der Waals surface area contributed by atoms with E-state index in [2.05, 4.69) is 5.32 Å². The van der Waals surface area contributed by atoms with Crippen LogP contribution in [0.5, 0.6) is 0 Å². The molecular weight excluding hydrogens is 284 g/mol. The van der Waals surface area contributed by atoms with Gasteiger partial charge in [0.2, 0.25) is 11.8 Å². The summed E-state index contributed by atoms with van der Waals surface area (Å²) in [7, 11) is 2.74. The van der Waals surface area contributed by atoms with Crippen molar-refractivity contribution in [2.45, 2.75) is 18.5 Å². The van der Waals surface area contributed by atoms with Crippen LogP contribution < -0.4 is 5.32 Å². The predicted octanol–water partition coefficient (Wildman–Crippen LogP) is 0.494. The number of fused-ring (bicyclic) bond motifs is 1. The van der Waals surface area contributed by atoms with Crippen LogP contribution in [0.25, 0.3) is 0 Å². The van der Waals surface area contributed by atoms with Crippen LogP contribution in [0, 0.1) is 11.8 Å². The summed E-state index contributed by atoms with van der Waals surface area (Å²) >= 11 is 0. The number of rotatable bonds is 2. The summed E-state index contributed by atoms with van der Waals surface area (Å²) in [5.41, 5.74) is -0.334. The van der Waals surface area contributed by atoms with Crippen LogP contribution in [0.1, 0.15) is 18.5 Å². The number of hydrogen-bond acceptors (Lipinski definition) is 5. The van der Waals surface area contributed by atoms with Gasteiger partial charge in [-0.1, -0.05) is 30.3 Å². The van der Waals surface area contributed by atoms with Crippen molar-refractivity contribution in [2.24, 2.45) is 11.8 Å². The molecule has 2 saturated heterocycles. The lowest BCUT2D eigenvalue weighted by molar-refractivity contribution is -0.152.